The zero-order valence-electron chi connectivity index (χ0n) is 19.9. The van der Waals surface area contributed by atoms with Crippen LogP contribution in [0.4, 0.5) is 11.4 Å². The van der Waals surface area contributed by atoms with Crippen molar-refractivity contribution in [3.8, 4) is 0 Å². The number of pyridine rings is 1. The molecule has 1 aliphatic carbocycles. The fraction of sp³-hybridized carbons (Fsp3) is 0.480. The number of sulfonamides is 1. The molecule has 0 atom stereocenters. The molecule has 1 aromatic heterocycles. The second-order valence-electron chi connectivity index (χ2n) is 9.89. The molecule has 34 heavy (non-hydrogen) atoms. The van der Waals surface area contributed by atoms with E-state index in [-0.39, 0.29) is 17.2 Å². The van der Waals surface area contributed by atoms with Crippen LogP contribution in [0.25, 0.3) is 0 Å². The van der Waals surface area contributed by atoms with E-state index in [2.05, 4.69) is 15.3 Å². The summed E-state index contributed by atoms with van der Waals surface area (Å²) in [6.45, 7) is 5.17. The van der Waals surface area contributed by atoms with Gasteiger partial charge in [-0.15, -0.1) is 0 Å². The molecule has 2 aliphatic heterocycles. The van der Waals surface area contributed by atoms with Gasteiger partial charge in [-0.3, -0.25) is 19.7 Å². The summed E-state index contributed by atoms with van der Waals surface area (Å²) in [6, 6.07) is 7.93. The number of benzene rings is 1. The summed E-state index contributed by atoms with van der Waals surface area (Å²) in [5.74, 6) is -0.0440. The number of aliphatic imine (C=N–C) groups is 1. The largest absolute Gasteiger partial charge is 0.381 e. The maximum absolute atomic E-state index is 13.4. The highest BCUT2D eigenvalue weighted by Crippen LogP contribution is 2.42. The van der Waals surface area contributed by atoms with E-state index in [1.54, 1.807) is 34.9 Å². The summed E-state index contributed by atoms with van der Waals surface area (Å²) in [4.78, 5) is 23.7. The SMILES string of the molecule is C/N=C/c1ccc2c(c1)C(C)(C)N(c1cncc(NC3CCN(S(=O)(=O)C4CC4)CC3)c1)C2=O. The number of amides is 1. The summed E-state index contributed by atoms with van der Waals surface area (Å²) in [7, 11) is -1.38. The Labute approximate surface area is 201 Å². The first-order valence-corrected chi connectivity index (χ1v) is 13.3. The van der Waals surface area contributed by atoms with Gasteiger partial charge < -0.3 is 5.32 Å². The Morgan fingerprint density at radius 2 is 1.85 bits per heavy atom. The van der Waals surface area contributed by atoms with Crippen LogP contribution in [-0.2, 0) is 15.6 Å². The summed E-state index contributed by atoms with van der Waals surface area (Å²) < 4.78 is 26.6. The Hall–Kier alpha value is -2.78. The molecule has 1 saturated carbocycles. The lowest BCUT2D eigenvalue weighted by Crippen LogP contribution is -2.43. The van der Waals surface area contributed by atoms with E-state index in [1.807, 2.05) is 38.1 Å². The highest BCUT2D eigenvalue weighted by atomic mass is 32.2. The van der Waals surface area contributed by atoms with Crippen LogP contribution in [-0.4, -0.2) is 61.3 Å². The number of rotatable bonds is 6. The van der Waals surface area contributed by atoms with Crippen LogP contribution in [0, 0.1) is 0 Å². The number of anilines is 2. The second kappa shape index (κ2) is 8.46. The average Bonchev–Trinajstić information content (AvgIpc) is 3.64. The van der Waals surface area contributed by atoms with Gasteiger partial charge in [-0.25, -0.2) is 12.7 Å². The molecule has 1 amide bonds. The Kier molecular flexibility index (Phi) is 5.72. The third-order valence-corrected chi connectivity index (χ3v) is 9.48. The van der Waals surface area contributed by atoms with Crippen LogP contribution < -0.4 is 10.2 Å². The van der Waals surface area contributed by atoms with Gasteiger partial charge in [0.2, 0.25) is 10.0 Å². The van der Waals surface area contributed by atoms with Crippen LogP contribution >= 0.6 is 0 Å². The van der Waals surface area contributed by atoms with Gasteiger partial charge in [-0.1, -0.05) is 6.07 Å². The molecule has 0 bridgehead atoms. The molecule has 0 radical (unpaired) electrons. The number of carbonyl (C=O) groups excluding carboxylic acids is 1. The molecule has 1 N–H and O–H groups in total. The van der Waals surface area contributed by atoms with Gasteiger partial charge in [0.05, 0.1) is 34.6 Å². The summed E-state index contributed by atoms with van der Waals surface area (Å²) in [5, 5.41) is 3.35. The molecular formula is C25H31N5O3S. The molecule has 9 heteroatoms. The number of fused-ring (bicyclic) bond motifs is 1. The van der Waals surface area contributed by atoms with Crippen molar-refractivity contribution in [2.24, 2.45) is 4.99 Å². The lowest BCUT2D eigenvalue weighted by Gasteiger charge is -2.34. The maximum Gasteiger partial charge on any atom is 0.259 e. The Balaban J connectivity index is 1.32. The standard InChI is InChI=1S/C25H31N5O3S/c1-25(2)23-12-17(14-26-3)4-7-22(23)24(31)30(25)20-13-19(15-27-16-20)28-18-8-10-29(11-9-18)34(32,33)21-5-6-21/h4,7,12-16,18,21,28H,5-6,8-11H2,1-3H3/b26-14+. The van der Waals surface area contributed by atoms with Crippen molar-refractivity contribution in [1.82, 2.24) is 9.29 Å². The predicted molar refractivity (Wildman–Crippen MR) is 134 cm³/mol. The molecule has 2 fully saturated rings. The van der Waals surface area contributed by atoms with Crippen LogP contribution in [0.15, 0.2) is 41.7 Å². The van der Waals surface area contributed by atoms with E-state index in [0.717, 1.165) is 48.2 Å². The lowest BCUT2D eigenvalue weighted by molar-refractivity contribution is 0.0982. The molecule has 3 aliphatic rings. The fourth-order valence-corrected chi connectivity index (χ4v) is 6.99. The molecular weight excluding hydrogens is 450 g/mol. The zero-order valence-corrected chi connectivity index (χ0v) is 20.7. The van der Waals surface area contributed by atoms with Crippen LogP contribution in [0.1, 0.15) is 61.0 Å². The molecule has 2 aromatic rings. The minimum Gasteiger partial charge on any atom is -0.381 e. The predicted octanol–water partition coefficient (Wildman–Crippen LogP) is 3.39. The minimum atomic E-state index is -3.11. The normalized spacial score (nSPS) is 21.3. The highest BCUT2D eigenvalue weighted by Gasteiger charge is 2.44. The second-order valence-corrected chi connectivity index (χ2v) is 12.1. The number of carbonyl (C=O) groups is 1. The van der Waals surface area contributed by atoms with Gasteiger partial charge >= 0.3 is 0 Å². The van der Waals surface area contributed by atoms with Crippen molar-refractivity contribution in [2.45, 2.75) is 56.4 Å². The quantitative estimate of drug-likeness (QED) is 0.638. The first-order chi connectivity index (χ1) is 16.2. The van der Waals surface area contributed by atoms with E-state index >= 15 is 0 Å². The average molecular weight is 482 g/mol. The Morgan fingerprint density at radius 1 is 1.12 bits per heavy atom. The summed E-state index contributed by atoms with van der Waals surface area (Å²) in [5.41, 5.74) is 3.66. The topological polar surface area (TPSA) is 95.0 Å². The van der Waals surface area contributed by atoms with Gasteiger partial charge in [-0.05, 0) is 68.9 Å². The fourth-order valence-electron chi connectivity index (χ4n) is 5.11. The number of piperidine rings is 1. The van der Waals surface area contributed by atoms with E-state index in [4.69, 9.17) is 0 Å². The van der Waals surface area contributed by atoms with E-state index in [0.29, 0.717) is 18.7 Å². The third kappa shape index (κ3) is 4.01. The van der Waals surface area contributed by atoms with Crippen molar-refractivity contribution in [3.63, 3.8) is 0 Å². The maximum atomic E-state index is 13.4. The third-order valence-electron chi connectivity index (χ3n) is 7.09. The van der Waals surface area contributed by atoms with Crippen LogP contribution in [0.3, 0.4) is 0 Å². The van der Waals surface area contributed by atoms with Crippen molar-refractivity contribution < 1.29 is 13.2 Å². The van der Waals surface area contributed by atoms with Gasteiger partial charge in [0.15, 0.2) is 0 Å². The minimum absolute atomic E-state index is 0.0440. The van der Waals surface area contributed by atoms with E-state index in [9.17, 15) is 13.2 Å². The smallest absolute Gasteiger partial charge is 0.259 e. The number of nitrogens with one attached hydrogen (secondary N) is 1. The first-order valence-electron chi connectivity index (χ1n) is 11.8. The van der Waals surface area contributed by atoms with Gasteiger partial charge in [0, 0.05) is 38.0 Å². The van der Waals surface area contributed by atoms with Crippen molar-refractivity contribution in [1.29, 1.82) is 0 Å². The molecule has 0 unspecified atom stereocenters. The summed E-state index contributed by atoms with van der Waals surface area (Å²) in [6.07, 6.45) is 8.35. The monoisotopic (exact) mass is 481 g/mol. The van der Waals surface area contributed by atoms with E-state index < -0.39 is 15.6 Å². The molecule has 8 nitrogen and oxygen atoms in total. The van der Waals surface area contributed by atoms with Crippen molar-refractivity contribution in [3.05, 3.63) is 53.3 Å². The molecule has 180 valence electrons. The first kappa shape index (κ1) is 23.0. The Bertz CT molecular complexity index is 1240. The molecule has 1 aromatic carbocycles. The number of hydrogen-bond donors (Lipinski definition) is 1. The van der Waals surface area contributed by atoms with E-state index in [1.165, 1.54) is 0 Å². The highest BCUT2D eigenvalue weighted by molar-refractivity contribution is 7.90. The molecule has 0 spiro atoms. The van der Waals surface area contributed by atoms with Crippen molar-refractivity contribution >= 4 is 33.5 Å². The molecule has 3 heterocycles. The Morgan fingerprint density at radius 3 is 2.53 bits per heavy atom. The van der Waals surface area contributed by atoms with Gasteiger partial charge in [-0.2, -0.15) is 0 Å². The van der Waals surface area contributed by atoms with Gasteiger partial charge in [0.25, 0.3) is 5.91 Å². The van der Waals surface area contributed by atoms with Crippen molar-refractivity contribution in [2.75, 3.05) is 30.4 Å². The van der Waals surface area contributed by atoms with Crippen LogP contribution in [0.5, 0.6) is 0 Å². The van der Waals surface area contributed by atoms with Crippen LogP contribution in [0.2, 0.25) is 0 Å². The molecule has 5 rings (SSSR count). The number of nitrogens with zero attached hydrogens (tertiary/aromatic N) is 4. The lowest BCUT2D eigenvalue weighted by atomic mass is 9.92. The van der Waals surface area contributed by atoms with Gasteiger partial charge in [0.1, 0.15) is 0 Å². The zero-order chi connectivity index (χ0) is 24.1. The number of hydrogen-bond acceptors (Lipinski definition) is 6. The number of aromatic nitrogens is 1. The summed E-state index contributed by atoms with van der Waals surface area (Å²) >= 11 is 0. The molecule has 1 saturated heterocycles.